The highest BCUT2D eigenvalue weighted by Crippen LogP contribution is 2.44. The number of fused-ring (bicyclic) bond motifs is 4. The van der Waals surface area contributed by atoms with Crippen molar-refractivity contribution in [3.05, 3.63) is 132 Å². The molecule has 0 heterocycles. The first kappa shape index (κ1) is 22.2. The first-order valence-electron chi connectivity index (χ1n) is 12.8. The van der Waals surface area contributed by atoms with Crippen molar-refractivity contribution in [2.75, 3.05) is 0 Å². The van der Waals surface area contributed by atoms with Crippen molar-refractivity contribution in [2.45, 2.75) is 6.61 Å². The molecule has 7 aromatic carbocycles. The molecule has 0 aliphatic rings. The van der Waals surface area contributed by atoms with Crippen LogP contribution >= 0.6 is 0 Å². The summed E-state index contributed by atoms with van der Waals surface area (Å²) < 4.78 is 0. The van der Waals surface area contributed by atoms with Crippen LogP contribution in [0.2, 0.25) is 0 Å². The molecule has 0 saturated carbocycles. The molecule has 7 rings (SSSR count). The molecule has 2 nitrogen and oxygen atoms in total. The third-order valence-electron chi connectivity index (χ3n) is 7.57. The summed E-state index contributed by atoms with van der Waals surface area (Å²) in [5.74, 6) is 0. The minimum absolute atomic E-state index is 0.0443. The lowest BCUT2D eigenvalue weighted by Gasteiger charge is -2.18. The van der Waals surface area contributed by atoms with Crippen LogP contribution in [0.1, 0.15) is 11.1 Å². The Balaban J connectivity index is 1.53. The van der Waals surface area contributed by atoms with Gasteiger partial charge in [0.15, 0.2) is 0 Å². The number of hydrogen-bond donors (Lipinski definition) is 1. The van der Waals surface area contributed by atoms with Gasteiger partial charge in [-0.1, -0.05) is 91.0 Å². The highest BCUT2D eigenvalue weighted by Gasteiger charge is 2.17. The SMILES string of the molecule is N#Cc1ccc2cc(-c3c4ccccc4c(-c4ccc5cc(CO)ccc5c4)c4ccccc34)ccc2c1. The van der Waals surface area contributed by atoms with Crippen LogP contribution in [-0.2, 0) is 6.61 Å². The Kier molecular flexibility index (Phi) is 5.18. The van der Waals surface area contributed by atoms with E-state index in [-0.39, 0.29) is 6.61 Å². The Morgan fingerprint density at radius 1 is 0.500 bits per heavy atom. The molecule has 0 aliphatic carbocycles. The van der Waals surface area contributed by atoms with E-state index in [0.29, 0.717) is 5.56 Å². The highest BCUT2D eigenvalue weighted by molar-refractivity contribution is 6.22. The van der Waals surface area contributed by atoms with E-state index < -0.39 is 0 Å². The zero-order valence-corrected chi connectivity index (χ0v) is 20.6. The molecule has 0 amide bonds. The lowest BCUT2D eigenvalue weighted by molar-refractivity contribution is 0.282. The predicted octanol–water partition coefficient (Wildman–Crippen LogP) is 9.00. The number of nitrogens with zero attached hydrogens (tertiary/aromatic N) is 1. The van der Waals surface area contributed by atoms with Crippen LogP contribution in [0.5, 0.6) is 0 Å². The maximum Gasteiger partial charge on any atom is 0.0991 e. The van der Waals surface area contributed by atoms with Gasteiger partial charge in [-0.2, -0.15) is 5.26 Å². The van der Waals surface area contributed by atoms with Gasteiger partial charge in [-0.3, -0.25) is 0 Å². The van der Waals surface area contributed by atoms with Crippen molar-refractivity contribution in [1.29, 1.82) is 5.26 Å². The van der Waals surface area contributed by atoms with Crippen LogP contribution in [0.3, 0.4) is 0 Å². The van der Waals surface area contributed by atoms with Crippen LogP contribution in [0.4, 0.5) is 0 Å². The van der Waals surface area contributed by atoms with Gasteiger partial charge in [0.05, 0.1) is 18.2 Å². The van der Waals surface area contributed by atoms with Crippen molar-refractivity contribution in [2.24, 2.45) is 0 Å². The second-order valence-electron chi connectivity index (χ2n) is 9.78. The average Bonchev–Trinajstić information content (AvgIpc) is 2.98. The second kappa shape index (κ2) is 8.85. The summed E-state index contributed by atoms with van der Waals surface area (Å²) in [7, 11) is 0. The van der Waals surface area contributed by atoms with Crippen molar-refractivity contribution in [1.82, 2.24) is 0 Å². The molecule has 0 aliphatic heterocycles. The van der Waals surface area contributed by atoms with E-state index >= 15 is 0 Å². The molecule has 1 N–H and O–H groups in total. The Morgan fingerprint density at radius 2 is 0.947 bits per heavy atom. The molecule has 0 aromatic heterocycles. The normalized spacial score (nSPS) is 11.4. The maximum absolute atomic E-state index is 9.56. The number of benzene rings is 7. The summed E-state index contributed by atoms with van der Waals surface area (Å²) in [5.41, 5.74) is 6.39. The van der Waals surface area contributed by atoms with Crippen LogP contribution in [0.15, 0.2) is 121 Å². The quantitative estimate of drug-likeness (QED) is 0.254. The molecule has 0 bridgehead atoms. The predicted molar refractivity (Wildman–Crippen MR) is 158 cm³/mol. The van der Waals surface area contributed by atoms with Gasteiger partial charge >= 0.3 is 0 Å². The van der Waals surface area contributed by atoms with Gasteiger partial charge in [-0.05, 0) is 101 Å². The summed E-state index contributed by atoms with van der Waals surface area (Å²) in [6.45, 7) is 0.0443. The van der Waals surface area contributed by atoms with Crippen molar-refractivity contribution >= 4 is 43.1 Å². The summed E-state index contributed by atoms with van der Waals surface area (Å²) >= 11 is 0. The van der Waals surface area contributed by atoms with E-state index in [0.717, 1.165) is 32.7 Å². The molecule has 0 saturated heterocycles. The molecule has 0 unspecified atom stereocenters. The third kappa shape index (κ3) is 3.53. The van der Waals surface area contributed by atoms with Gasteiger partial charge in [0.2, 0.25) is 0 Å². The zero-order valence-electron chi connectivity index (χ0n) is 20.6. The number of rotatable bonds is 3. The van der Waals surface area contributed by atoms with Crippen molar-refractivity contribution < 1.29 is 5.11 Å². The van der Waals surface area contributed by atoms with Crippen LogP contribution in [0.25, 0.3) is 65.3 Å². The molecular formula is C36H23NO. The van der Waals surface area contributed by atoms with E-state index in [9.17, 15) is 10.4 Å². The smallest absolute Gasteiger partial charge is 0.0991 e. The van der Waals surface area contributed by atoms with Crippen LogP contribution in [-0.4, -0.2) is 5.11 Å². The van der Waals surface area contributed by atoms with Crippen molar-refractivity contribution in [3.8, 4) is 28.3 Å². The fraction of sp³-hybridized carbons (Fsp3) is 0.0278. The average molecular weight is 486 g/mol. The van der Waals surface area contributed by atoms with Gasteiger partial charge in [0.1, 0.15) is 0 Å². The highest BCUT2D eigenvalue weighted by atomic mass is 16.3. The molecule has 0 spiro atoms. The molecule has 7 aromatic rings. The van der Waals surface area contributed by atoms with E-state index in [1.54, 1.807) is 0 Å². The number of aliphatic hydroxyl groups is 1. The Labute approximate surface area is 220 Å². The molecule has 178 valence electrons. The van der Waals surface area contributed by atoms with E-state index in [2.05, 4.69) is 103 Å². The Hall–Kier alpha value is -4.97. The number of nitriles is 1. The minimum atomic E-state index is 0.0443. The van der Waals surface area contributed by atoms with Gasteiger partial charge < -0.3 is 5.11 Å². The fourth-order valence-corrected chi connectivity index (χ4v) is 5.77. The third-order valence-corrected chi connectivity index (χ3v) is 7.57. The lowest BCUT2D eigenvalue weighted by Crippen LogP contribution is -1.91. The summed E-state index contributed by atoms with van der Waals surface area (Å²) in [6.07, 6.45) is 0. The number of aliphatic hydroxyl groups excluding tert-OH is 1. The minimum Gasteiger partial charge on any atom is -0.392 e. The largest absolute Gasteiger partial charge is 0.392 e. The van der Waals surface area contributed by atoms with Gasteiger partial charge in [-0.15, -0.1) is 0 Å². The first-order valence-corrected chi connectivity index (χ1v) is 12.8. The van der Waals surface area contributed by atoms with E-state index in [4.69, 9.17) is 0 Å². The van der Waals surface area contributed by atoms with E-state index in [1.807, 2.05) is 24.3 Å². The van der Waals surface area contributed by atoms with Crippen LogP contribution in [0, 0.1) is 11.3 Å². The Bertz CT molecular complexity index is 2020. The Morgan fingerprint density at radius 3 is 1.45 bits per heavy atom. The summed E-state index contributed by atoms with van der Waals surface area (Å²) in [5, 5.41) is 28.2. The summed E-state index contributed by atoms with van der Waals surface area (Å²) in [6, 6.07) is 44.7. The second-order valence-corrected chi connectivity index (χ2v) is 9.78. The molecule has 2 heteroatoms. The topological polar surface area (TPSA) is 44.0 Å². The maximum atomic E-state index is 9.56. The lowest BCUT2D eigenvalue weighted by atomic mass is 9.85. The monoisotopic (exact) mass is 485 g/mol. The van der Waals surface area contributed by atoms with Gasteiger partial charge in [-0.25, -0.2) is 0 Å². The first-order chi connectivity index (χ1) is 18.7. The van der Waals surface area contributed by atoms with Gasteiger partial charge in [0, 0.05) is 0 Å². The fourth-order valence-electron chi connectivity index (χ4n) is 5.77. The molecule has 38 heavy (non-hydrogen) atoms. The number of hydrogen-bond acceptors (Lipinski definition) is 2. The molecule has 0 radical (unpaired) electrons. The van der Waals surface area contributed by atoms with Gasteiger partial charge in [0.25, 0.3) is 0 Å². The standard InChI is InChI=1S/C36H23NO/c37-21-23-9-11-27-19-29(15-13-25(27)17-23)35-31-5-1-3-7-33(31)36(34-8-4-2-6-32(34)35)30-16-14-26-18-24(22-38)10-12-28(26)20-30/h1-20,38H,22H2. The van der Waals surface area contributed by atoms with Crippen molar-refractivity contribution in [3.63, 3.8) is 0 Å². The summed E-state index contributed by atoms with van der Waals surface area (Å²) in [4.78, 5) is 0. The van der Waals surface area contributed by atoms with E-state index in [1.165, 1.54) is 38.2 Å². The van der Waals surface area contributed by atoms with Crippen LogP contribution < -0.4 is 0 Å². The molecule has 0 atom stereocenters. The zero-order chi connectivity index (χ0) is 25.6. The molecule has 0 fully saturated rings. The molecular weight excluding hydrogens is 462 g/mol.